The molecule has 7 heteroatoms. The molecule has 2 rings (SSSR count). The predicted octanol–water partition coefficient (Wildman–Crippen LogP) is 2.47. The largest absolute Gasteiger partial charge is 0.416 e. The number of allylic oxidation sites excluding steroid dienone is 4. The zero-order valence-electron chi connectivity index (χ0n) is 10.0. The van der Waals surface area contributed by atoms with Crippen LogP contribution in [0.4, 0.5) is 13.2 Å². The number of tetrazole rings is 1. The first kappa shape index (κ1) is 12.8. The Morgan fingerprint density at radius 3 is 2.61 bits per heavy atom. The fourth-order valence-electron chi connectivity index (χ4n) is 1.86. The van der Waals surface area contributed by atoms with Crippen molar-refractivity contribution >= 4 is 0 Å². The Morgan fingerprint density at radius 2 is 2.11 bits per heavy atom. The highest BCUT2D eigenvalue weighted by Crippen LogP contribution is 2.36. The maximum absolute atomic E-state index is 12.5. The van der Waals surface area contributed by atoms with Crippen LogP contribution in [0, 0.1) is 5.92 Å². The first-order valence-corrected chi connectivity index (χ1v) is 5.66. The highest BCUT2D eigenvalue weighted by Gasteiger charge is 2.35. The Labute approximate surface area is 102 Å². The summed E-state index contributed by atoms with van der Waals surface area (Å²) in [4.78, 5) is 1.42. The second-order valence-electron chi connectivity index (χ2n) is 4.20. The number of halogens is 3. The van der Waals surface area contributed by atoms with Crippen LogP contribution in [0.3, 0.4) is 0 Å². The van der Waals surface area contributed by atoms with Crippen molar-refractivity contribution < 1.29 is 13.2 Å². The molecular weight excluding hydrogens is 245 g/mol. The standard InChI is InChI=1S/C11H13F3N4/c1-3-18-16-10(15-17-18)9-5-4-8(6-7(9)2)11(12,13)14/h4-7,9H,3H2,1-2H3. The average molecular weight is 258 g/mol. The Morgan fingerprint density at radius 1 is 1.39 bits per heavy atom. The molecule has 0 fully saturated rings. The first-order valence-electron chi connectivity index (χ1n) is 5.66. The van der Waals surface area contributed by atoms with Gasteiger partial charge < -0.3 is 0 Å². The van der Waals surface area contributed by atoms with E-state index in [4.69, 9.17) is 0 Å². The van der Waals surface area contributed by atoms with Crippen molar-refractivity contribution in [3.63, 3.8) is 0 Å². The molecule has 98 valence electrons. The molecule has 0 amide bonds. The van der Waals surface area contributed by atoms with E-state index in [-0.39, 0.29) is 11.8 Å². The van der Waals surface area contributed by atoms with Gasteiger partial charge in [0.05, 0.1) is 12.1 Å². The van der Waals surface area contributed by atoms with Crippen molar-refractivity contribution in [2.75, 3.05) is 0 Å². The third-order valence-electron chi connectivity index (χ3n) is 2.87. The second kappa shape index (κ2) is 4.55. The highest BCUT2D eigenvalue weighted by atomic mass is 19.4. The monoisotopic (exact) mass is 258 g/mol. The molecule has 2 unspecified atom stereocenters. The van der Waals surface area contributed by atoms with E-state index in [1.807, 2.05) is 6.92 Å². The quantitative estimate of drug-likeness (QED) is 0.818. The van der Waals surface area contributed by atoms with Crippen molar-refractivity contribution in [3.8, 4) is 0 Å². The third-order valence-corrected chi connectivity index (χ3v) is 2.87. The number of aryl methyl sites for hydroxylation is 1. The molecule has 0 radical (unpaired) electrons. The summed E-state index contributed by atoms with van der Waals surface area (Å²) in [6, 6.07) is 0. The highest BCUT2D eigenvalue weighted by molar-refractivity contribution is 5.32. The molecule has 0 aromatic carbocycles. The van der Waals surface area contributed by atoms with Crippen LogP contribution in [-0.4, -0.2) is 26.4 Å². The number of hydrogen-bond donors (Lipinski definition) is 0. The number of hydrogen-bond acceptors (Lipinski definition) is 3. The minimum absolute atomic E-state index is 0.253. The van der Waals surface area contributed by atoms with Crippen LogP contribution < -0.4 is 0 Å². The molecule has 4 nitrogen and oxygen atoms in total. The van der Waals surface area contributed by atoms with Crippen LogP contribution in [0.2, 0.25) is 0 Å². The fourth-order valence-corrected chi connectivity index (χ4v) is 1.86. The third kappa shape index (κ3) is 2.44. The molecule has 1 aliphatic carbocycles. The summed E-state index contributed by atoms with van der Waals surface area (Å²) < 4.78 is 37.6. The number of aromatic nitrogens is 4. The number of alkyl halides is 3. The smallest absolute Gasteiger partial charge is 0.166 e. The Kier molecular flexibility index (Phi) is 3.23. The van der Waals surface area contributed by atoms with Crippen molar-refractivity contribution in [2.45, 2.75) is 32.5 Å². The molecule has 1 aromatic heterocycles. The summed E-state index contributed by atoms with van der Waals surface area (Å²) in [5, 5.41) is 11.8. The maximum atomic E-state index is 12.5. The SMILES string of the molecule is CCn1nnc(C2C=CC(C(F)(F)F)=CC2C)n1. The zero-order valence-corrected chi connectivity index (χ0v) is 10.0. The van der Waals surface area contributed by atoms with Crippen LogP contribution in [0.15, 0.2) is 23.8 Å². The van der Waals surface area contributed by atoms with Crippen LogP contribution in [0.25, 0.3) is 0 Å². The van der Waals surface area contributed by atoms with E-state index in [0.717, 1.165) is 6.08 Å². The lowest BCUT2D eigenvalue weighted by Crippen LogP contribution is -2.18. The molecule has 2 atom stereocenters. The van der Waals surface area contributed by atoms with E-state index in [1.54, 1.807) is 6.92 Å². The molecule has 0 spiro atoms. The van der Waals surface area contributed by atoms with Gasteiger partial charge in [-0.15, -0.1) is 10.2 Å². The first-order chi connectivity index (χ1) is 8.41. The minimum Gasteiger partial charge on any atom is -0.166 e. The van der Waals surface area contributed by atoms with Gasteiger partial charge in [-0.25, -0.2) is 0 Å². The number of nitrogens with zero attached hydrogens (tertiary/aromatic N) is 4. The van der Waals surface area contributed by atoms with Crippen LogP contribution in [0.5, 0.6) is 0 Å². The predicted molar refractivity (Wildman–Crippen MR) is 58.7 cm³/mol. The van der Waals surface area contributed by atoms with Gasteiger partial charge in [-0.05, 0) is 18.1 Å². The molecule has 18 heavy (non-hydrogen) atoms. The van der Waals surface area contributed by atoms with Gasteiger partial charge in [0.15, 0.2) is 5.82 Å². The lowest BCUT2D eigenvalue weighted by Gasteiger charge is -2.21. The maximum Gasteiger partial charge on any atom is 0.416 e. The summed E-state index contributed by atoms with van der Waals surface area (Å²) in [6.45, 7) is 4.17. The van der Waals surface area contributed by atoms with Gasteiger partial charge in [-0.1, -0.05) is 25.2 Å². The van der Waals surface area contributed by atoms with Gasteiger partial charge in [0.25, 0.3) is 0 Å². The van der Waals surface area contributed by atoms with Crippen molar-refractivity contribution in [2.24, 2.45) is 5.92 Å². The minimum atomic E-state index is -4.30. The Bertz CT molecular complexity index is 487. The molecule has 0 N–H and O–H groups in total. The topological polar surface area (TPSA) is 43.6 Å². The summed E-state index contributed by atoms with van der Waals surface area (Å²) in [5.41, 5.74) is -0.617. The lowest BCUT2D eigenvalue weighted by molar-refractivity contribution is -0.0889. The normalized spacial score (nSPS) is 24.2. The zero-order chi connectivity index (χ0) is 13.3. The summed E-state index contributed by atoms with van der Waals surface area (Å²) in [7, 11) is 0. The van der Waals surface area contributed by atoms with E-state index >= 15 is 0 Å². The van der Waals surface area contributed by atoms with Crippen molar-refractivity contribution in [1.82, 2.24) is 20.2 Å². The molecule has 1 heterocycles. The molecule has 0 saturated carbocycles. The van der Waals surface area contributed by atoms with E-state index < -0.39 is 11.7 Å². The Balaban J connectivity index is 2.20. The molecule has 0 bridgehead atoms. The van der Waals surface area contributed by atoms with Crippen molar-refractivity contribution in [1.29, 1.82) is 0 Å². The summed E-state index contributed by atoms with van der Waals surface area (Å²) >= 11 is 0. The van der Waals surface area contributed by atoms with E-state index in [2.05, 4.69) is 15.4 Å². The van der Waals surface area contributed by atoms with Gasteiger partial charge in [0, 0.05) is 5.92 Å². The lowest BCUT2D eigenvalue weighted by atomic mass is 9.86. The summed E-state index contributed by atoms with van der Waals surface area (Å²) in [5.74, 6) is -0.101. The van der Waals surface area contributed by atoms with Gasteiger partial charge in [-0.2, -0.15) is 18.0 Å². The summed E-state index contributed by atoms with van der Waals surface area (Å²) in [6.07, 6.45) is -0.524. The van der Waals surface area contributed by atoms with Crippen LogP contribution in [-0.2, 0) is 6.54 Å². The van der Waals surface area contributed by atoms with Crippen LogP contribution in [0.1, 0.15) is 25.6 Å². The molecular formula is C11H13F3N4. The molecule has 0 aliphatic heterocycles. The van der Waals surface area contributed by atoms with E-state index in [0.29, 0.717) is 12.4 Å². The van der Waals surface area contributed by atoms with Gasteiger partial charge >= 0.3 is 6.18 Å². The second-order valence-corrected chi connectivity index (χ2v) is 4.20. The van der Waals surface area contributed by atoms with Gasteiger partial charge in [0.1, 0.15) is 0 Å². The van der Waals surface area contributed by atoms with Crippen molar-refractivity contribution in [3.05, 3.63) is 29.6 Å². The number of rotatable bonds is 2. The van der Waals surface area contributed by atoms with E-state index in [1.165, 1.54) is 16.9 Å². The van der Waals surface area contributed by atoms with Crippen LogP contribution >= 0.6 is 0 Å². The molecule has 0 saturated heterocycles. The van der Waals surface area contributed by atoms with E-state index in [9.17, 15) is 13.2 Å². The van der Waals surface area contributed by atoms with Gasteiger partial charge in [0.2, 0.25) is 0 Å². The van der Waals surface area contributed by atoms with Gasteiger partial charge in [-0.3, -0.25) is 0 Å². The Hall–Kier alpha value is -1.66. The molecule has 1 aliphatic rings. The average Bonchev–Trinajstić information content (AvgIpc) is 2.76. The molecule has 1 aromatic rings. The fraction of sp³-hybridized carbons (Fsp3) is 0.545.